The fourth-order valence-electron chi connectivity index (χ4n) is 2.12. The van der Waals surface area contributed by atoms with E-state index in [1.807, 2.05) is 0 Å². The first-order valence-corrected chi connectivity index (χ1v) is 7.64. The van der Waals surface area contributed by atoms with Crippen LogP contribution in [0.2, 0.25) is 0 Å². The van der Waals surface area contributed by atoms with Gasteiger partial charge >= 0.3 is 0 Å². The predicted molar refractivity (Wildman–Crippen MR) is 81.5 cm³/mol. The van der Waals surface area contributed by atoms with Crippen molar-refractivity contribution in [3.63, 3.8) is 0 Å². The van der Waals surface area contributed by atoms with E-state index in [9.17, 15) is 9.50 Å². The molecule has 0 saturated carbocycles. The number of halogens is 1. The third kappa shape index (κ3) is 4.13. The average Bonchev–Trinajstić information content (AvgIpc) is 2.90. The Kier molecular flexibility index (Phi) is 4.91. The maximum atomic E-state index is 12.9. The van der Waals surface area contributed by atoms with Crippen molar-refractivity contribution in [2.24, 2.45) is 0 Å². The molecule has 1 aromatic carbocycles. The van der Waals surface area contributed by atoms with Crippen molar-refractivity contribution in [1.29, 1.82) is 0 Å². The molecular weight excluding hydrogens is 273 g/mol. The minimum atomic E-state index is -1.00. The Morgan fingerprint density at radius 3 is 2.60 bits per heavy atom. The molecule has 2 N–H and O–H groups in total. The van der Waals surface area contributed by atoms with Crippen LogP contribution in [0.4, 0.5) is 4.39 Å². The summed E-state index contributed by atoms with van der Waals surface area (Å²) in [5.74, 6) is -0.289. The molecule has 20 heavy (non-hydrogen) atoms. The number of rotatable bonds is 6. The molecule has 0 aliphatic rings. The molecule has 1 aromatic heterocycles. The third-order valence-electron chi connectivity index (χ3n) is 3.38. The van der Waals surface area contributed by atoms with Crippen LogP contribution >= 0.6 is 11.3 Å². The monoisotopic (exact) mass is 293 g/mol. The van der Waals surface area contributed by atoms with Crippen molar-refractivity contribution in [2.45, 2.75) is 31.9 Å². The van der Waals surface area contributed by atoms with Gasteiger partial charge < -0.3 is 10.4 Å². The van der Waals surface area contributed by atoms with Crippen LogP contribution < -0.4 is 5.32 Å². The van der Waals surface area contributed by atoms with Crippen LogP contribution in [0.5, 0.6) is 0 Å². The Morgan fingerprint density at radius 2 is 2.00 bits per heavy atom. The highest BCUT2D eigenvalue weighted by Crippen LogP contribution is 2.20. The lowest BCUT2D eigenvalue weighted by molar-refractivity contribution is 0.0543. The van der Waals surface area contributed by atoms with Gasteiger partial charge in [0.25, 0.3) is 0 Å². The molecule has 0 aliphatic carbocycles. The minimum Gasteiger partial charge on any atom is -0.384 e. The molecule has 2 nitrogen and oxygen atoms in total. The van der Waals surface area contributed by atoms with E-state index in [2.05, 4.69) is 29.1 Å². The molecular formula is C16H20FNOS. The molecule has 108 valence electrons. The minimum absolute atomic E-state index is 0.275. The van der Waals surface area contributed by atoms with Crippen LogP contribution in [0.25, 0.3) is 0 Å². The lowest BCUT2D eigenvalue weighted by Gasteiger charge is -2.26. The normalized spacial score (nSPS) is 15.8. The van der Waals surface area contributed by atoms with Gasteiger partial charge in [0.15, 0.2) is 0 Å². The molecule has 0 amide bonds. The molecule has 1 heterocycles. The molecule has 0 spiro atoms. The van der Waals surface area contributed by atoms with E-state index in [1.165, 1.54) is 17.7 Å². The zero-order chi connectivity index (χ0) is 14.6. The number of nitrogens with one attached hydrogen (secondary N) is 1. The van der Waals surface area contributed by atoms with Gasteiger partial charge in [-0.3, -0.25) is 0 Å². The highest BCUT2D eigenvalue weighted by molar-refractivity contribution is 7.07. The third-order valence-corrected chi connectivity index (χ3v) is 4.11. The maximum absolute atomic E-state index is 12.9. The molecule has 0 fully saturated rings. The Labute approximate surface area is 123 Å². The second-order valence-corrected chi connectivity index (χ2v) is 6.18. The molecule has 2 rings (SSSR count). The lowest BCUT2D eigenvalue weighted by atomic mass is 9.95. The molecule has 4 heteroatoms. The van der Waals surface area contributed by atoms with Crippen molar-refractivity contribution in [3.05, 3.63) is 58.0 Å². The highest BCUT2D eigenvalue weighted by Gasteiger charge is 2.23. The van der Waals surface area contributed by atoms with Crippen LogP contribution in [-0.4, -0.2) is 17.7 Å². The summed E-state index contributed by atoms with van der Waals surface area (Å²) in [6.07, 6.45) is 0.934. The van der Waals surface area contributed by atoms with Gasteiger partial charge in [-0.1, -0.05) is 12.1 Å². The van der Waals surface area contributed by atoms with Crippen molar-refractivity contribution in [2.75, 3.05) is 6.54 Å². The van der Waals surface area contributed by atoms with Gasteiger partial charge in [0.1, 0.15) is 5.82 Å². The summed E-state index contributed by atoms with van der Waals surface area (Å²) in [6.45, 7) is 4.27. The first-order valence-electron chi connectivity index (χ1n) is 6.70. The quantitative estimate of drug-likeness (QED) is 0.856. The second-order valence-electron chi connectivity index (χ2n) is 5.40. The number of aliphatic hydroxyl groups is 1. The largest absolute Gasteiger partial charge is 0.384 e. The topological polar surface area (TPSA) is 32.3 Å². The van der Waals surface area contributed by atoms with Crippen molar-refractivity contribution < 1.29 is 9.50 Å². The van der Waals surface area contributed by atoms with E-state index in [0.29, 0.717) is 12.1 Å². The Balaban J connectivity index is 1.89. The van der Waals surface area contributed by atoms with Crippen LogP contribution in [-0.2, 0) is 12.0 Å². The van der Waals surface area contributed by atoms with Gasteiger partial charge in [0, 0.05) is 12.6 Å². The molecule has 0 saturated heterocycles. The molecule has 0 bridgehead atoms. The fraction of sp³-hybridized carbons (Fsp3) is 0.375. The standard InChI is InChI=1S/C16H20FNOS/c1-12(9-13-7-8-20-10-13)18-11-16(2,19)14-3-5-15(17)6-4-14/h3-8,10,12,18-19H,9,11H2,1-2H3. The van der Waals surface area contributed by atoms with Crippen LogP contribution in [0, 0.1) is 5.82 Å². The van der Waals surface area contributed by atoms with E-state index in [-0.39, 0.29) is 11.9 Å². The Morgan fingerprint density at radius 1 is 1.30 bits per heavy atom. The summed E-state index contributed by atoms with van der Waals surface area (Å²) in [7, 11) is 0. The first kappa shape index (κ1) is 15.2. The average molecular weight is 293 g/mol. The molecule has 0 radical (unpaired) electrons. The predicted octanol–water partition coefficient (Wildman–Crippen LogP) is 3.32. The second kappa shape index (κ2) is 6.48. The molecule has 0 aliphatic heterocycles. The molecule has 2 unspecified atom stereocenters. The number of benzene rings is 1. The van der Waals surface area contributed by atoms with Gasteiger partial charge in [-0.25, -0.2) is 4.39 Å². The van der Waals surface area contributed by atoms with E-state index in [0.717, 1.165) is 6.42 Å². The van der Waals surface area contributed by atoms with Gasteiger partial charge in [0.05, 0.1) is 5.60 Å². The summed E-state index contributed by atoms with van der Waals surface area (Å²) >= 11 is 1.69. The SMILES string of the molecule is CC(Cc1ccsc1)NCC(C)(O)c1ccc(F)cc1. The number of thiophene rings is 1. The van der Waals surface area contributed by atoms with Gasteiger partial charge in [-0.15, -0.1) is 0 Å². The van der Waals surface area contributed by atoms with Crippen LogP contribution in [0.1, 0.15) is 25.0 Å². The summed E-state index contributed by atoms with van der Waals surface area (Å²) in [5.41, 5.74) is 1.02. The van der Waals surface area contributed by atoms with Crippen LogP contribution in [0.15, 0.2) is 41.1 Å². The van der Waals surface area contributed by atoms with E-state index in [4.69, 9.17) is 0 Å². The smallest absolute Gasteiger partial charge is 0.123 e. The summed E-state index contributed by atoms with van der Waals surface area (Å²) < 4.78 is 12.9. The first-order chi connectivity index (χ1) is 9.47. The van der Waals surface area contributed by atoms with E-state index < -0.39 is 5.60 Å². The summed E-state index contributed by atoms with van der Waals surface area (Å²) in [6, 6.07) is 8.38. The zero-order valence-corrected chi connectivity index (χ0v) is 12.6. The molecule has 2 aromatic rings. The summed E-state index contributed by atoms with van der Waals surface area (Å²) in [5, 5.41) is 18.0. The van der Waals surface area contributed by atoms with E-state index >= 15 is 0 Å². The highest BCUT2D eigenvalue weighted by atomic mass is 32.1. The summed E-state index contributed by atoms with van der Waals surface area (Å²) in [4.78, 5) is 0. The fourth-order valence-corrected chi connectivity index (χ4v) is 2.80. The van der Waals surface area contributed by atoms with Crippen molar-refractivity contribution in [3.8, 4) is 0 Å². The number of hydrogen-bond donors (Lipinski definition) is 2. The van der Waals surface area contributed by atoms with Crippen molar-refractivity contribution >= 4 is 11.3 Å². The molecule has 2 atom stereocenters. The van der Waals surface area contributed by atoms with Crippen molar-refractivity contribution in [1.82, 2.24) is 5.32 Å². The Hall–Kier alpha value is -1.23. The maximum Gasteiger partial charge on any atom is 0.123 e. The number of hydrogen-bond acceptors (Lipinski definition) is 3. The van der Waals surface area contributed by atoms with E-state index in [1.54, 1.807) is 30.4 Å². The van der Waals surface area contributed by atoms with Gasteiger partial charge in [-0.2, -0.15) is 11.3 Å². The van der Waals surface area contributed by atoms with Gasteiger partial charge in [-0.05, 0) is 60.4 Å². The van der Waals surface area contributed by atoms with Gasteiger partial charge in [0.2, 0.25) is 0 Å². The zero-order valence-electron chi connectivity index (χ0n) is 11.8. The van der Waals surface area contributed by atoms with Crippen LogP contribution in [0.3, 0.4) is 0 Å². The lowest BCUT2D eigenvalue weighted by Crippen LogP contribution is -2.40. The Bertz CT molecular complexity index is 522.